The summed E-state index contributed by atoms with van der Waals surface area (Å²) < 4.78 is 5.76. The number of ether oxygens (including phenoxy) is 1. The Bertz CT molecular complexity index is 729. The van der Waals surface area contributed by atoms with Crippen molar-refractivity contribution in [2.75, 3.05) is 13.1 Å². The van der Waals surface area contributed by atoms with Gasteiger partial charge in [0.2, 0.25) is 11.6 Å². The van der Waals surface area contributed by atoms with Crippen molar-refractivity contribution < 1.29 is 9.53 Å². The van der Waals surface area contributed by atoms with Crippen LogP contribution in [0.2, 0.25) is 0 Å². The molecule has 0 saturated carbocycles. The highest BCUT2D eigenvalue weighted by atomic mass is 32.1. The number of carbonyl (C=O) groups is 1. The molecule has 6 nitrogen and oxygen atoms in total. The summed E-state index contributed by atoms with van der Waals surface area (Å²) in [5.74, 6) is 0.698. The number of nitrogens with zero attached hydrogens (tertiary/aromatic N) is 4. The second-order valence-corrected chi connectivity index (χ2v) is 6.70. The first kappa shape index (κ1) is 15.6. The average molecular weight is 328 g/mol. The molecule has 1 aliphatic rings. The van der Waals surface area contributed by atoms with Crippen molar-refractivity contribution >= 4 is 22.8 Å². The topological polar surface area (TPSA) is 59.7 Å². The van der Waals surface area contributed by atoms with Crippen LogP contribution in [-0.2, 0) is 17.8 Å². The second-order valence-electron chi connectivity index (χ2n) is 5.50. The second kappa shape index (κ2) is 6.86. The third kappa shape index (κ3) is 4.12. The van der Waals surface area contributed by atoms with E-state index >= 15 is 0 Å². The predicted molar refractivity (Wildman–Crippen MR) is 86.7 cm³/mol. The maximum absolute atomic E-state index is 11.1. The van der Waals surface area contributed by atoms with Gasteiger partial charge in [0.15, 0.2) is 0 Å². The fourth-order valence-electron chi connectivity index (χ4n) is 2.34. The van der Waals surface area contributed by atoms with E-state index in [0.717, 1.165) is 24.6 Å². The Morgan fingerprint density at radius 3 is 2.91 bits per heavy atom. The molecule has 0 unspecified atom stereocenters. The highest BCUT2D eigenvalue weighted by Crippen LogP contribution is 2.22. The van der Waals surface area contributed by atoms with Gasteiger partial charge in [-0.25, -0.2) is 14.8 Å². The number of rotatable bonds is 6. The highest BCUT2D eigenvalue weighted by molar-refractivity contribution is 7.11. The minimum Gasteiger partial charge on any atom is -0.472 e. The van der Waals surface area contributed by atoms with Gasteiger partial charge in [-0.15, -0.1) is 11.3 Å². The first-order valence-corrected chi connectivity index (χ1v) is 8.09. The molecule has 3 heterocycles. The SMILES string of the molecule is [C-]#[N+]c1ccc(OC2CN(Cc3cnc(CC(C)=O)s3)C2)nc1. The normalized spacial score (nSPS) is 15.0. The van der Waals surface area contributed by atoms with Gasteiger partial charge in [-0.05, 0) is 19.1 Å². The van der Waals surface area contributed by atoms with Crippen LogP contribution >= 0.6 is 11.3 Å². The molecule has 118 valence electrons. The predicted octanol–water partition coefficient (Wildman–Crippen LogP) is 2.48. The number of aromatic nitrogens is 2. The van der Waals surface area contributed by atoms with Gasteiger partial charge in [-0.3, -0.25) is 9.69 Å². The van der Waals surface area contributed by atoms with E-state index in [1.54, 1.807) is 30.4 Å². The van der Waals surface area contributed by atoms with Crippen LogP contribution in [-0.4, -0.2) is 39.8 Å². The Morgan fingerprint density at radius 1 is 1.43 bits per heavy atom. The number of carbonyl (C=O) groups excluding carboxylic acids is 1. The molecule has 0 atom stereocenters. The van der Waals surface area contributed by atoms with E-state index in [-0.39, 0.29) is 11.9 Å². The fraction of sp³-hybridized carbons (Fsp3) is 0.375. The van der Waals surface area contributed by atoms with Crippen LogP contribution in [0.1, 0.15) is 16.8 Å². The molecule has 0 spiro atoms. The lowest BCUT2D eigenvalue weighted by molar-refractivity contribution is -0.116. The zero-order valence-corrected chi connectivity index (χ0v) is 13.5. The smallest absolute Gasteiger partial charge is 0.210 e. The standard InChI is InChI=1S/C16H16N4O2S/c1-11(21)5-16-19-7-14(23-16)10-20-8-13(9-20)22-15-4-3-12(17-2)6-18-15/h3-4,6-7,13H,5,8-10H2,1H3. The number of hydrogen-bond acceptors (Lipinski definition) is 6. The molecule has 1 fully saturated rings. The summed E-state index contributed by atoms with van der Waals surface area (Å²) in [5, 5.41) is 0.880. The Morgan fingerprint density at radius 2 is 2.26 bits per heavy atom. The number of hydrogen-bond donors (Lipinski definition) is 0. The number of likely N-dealkylation sites (tertiary alicyclic amines) is 1. The summed E-state index contributed by atoms with van der Waals surface area (Å²) in [4.78, 5) is 26.2. The average Bonchev–Trinajstić information content (AvgIpc) is 2.92. The molecule has 1 aliphatic heterocycles. The zero-order valence-electron chi connectivity index (χ0n) is 12.7. The van der Waals surface area contributed by atoms with Gasteiger partial charge in [-0.1, -0.05) is 0 Å². The summed E-state index contributed by atoms with van der Waals surface area (Å²) in [6, 6.07) is 3.44. The number of ketones is 1. The summed E-state index contributed by atoms with van der Waals surface area (Å²) >= 11 is 1.59. The lowest BCUT2D eigenvalue weighted by Crippen LogP contribution is -2.53. The van der Waals surface area contributed by atoms with Crippen LogP contribution in [0.25, 0.3) is 4.85 Å². The van der Waals surface area contributed by atoms with Crippen LogP contribution in [0, 0.1) is 6.57 Å². The van der Waals surface area contributed by atoms with Gasteiger partial charge in [0.05, 0.1) is 13.0 Å². The molecule has 0 bridgehead atoms. The van der Waals surface area contributed by atoms with E-state index < -0.39 is 0 Å². The van der Waals surface area contributed by atoms with Crippen molar-refractivity contribution in [2.45, 2.75) is 26.0 Å². The molecular formula is C16H16N4O2S. The van der Waals surface area contributed by atoms with Crippen molar-refractivity contribution in [1.82, 2.24) is 14.9 Å². The number of pyridine rings is 1. The first-order chi connectivity index (χ1) is 11.1. The van der Waals surface area contributed by atoms with E-state index in [1.807, 2.05) is 6.20 Å². The lowest BCUT2D eigenvalue weighted by atomic mass is 10.1. The minimum absolute atomic E-state index is 0.130. The summed E-state index contributed by atoms with van der Waals surface area (Å²) in [5.41, 5.74) is 0.513. The molecule has 1 saturated heterocycles. The summed E-state index contributed by atoms with van der Waals surface area (Å²) in [6.45, 7) is 11.0. The van der Waals surface area contributed by atoms with E-state index in [1.165, 1.54) is 11.1 Å². The van der Waals surface area contributed by atoms with Crippen LogP contribution in [0.4, 0.5) is 5.69 Å². The molecule has 2 aromatic heterocycles. The van der Waals surface area contributed by atoms with Crippen molar-refractivity contribution in [1.29, 1.82) is 0 Å². The van der Waals surface area contributed by atoms with Gasteiger partial charge in [0, 0.05) is 36.9 Å². The van der Waals surface area contributed by atoms with Crippen molar-refractivity contribution in [3.8, 4) is 5.88 Å². The van der Waals surface area contributed by atoms with Crippen LogP contribution in [0.5, 0.6) is 5.88 Å². The maximum atomic E-state index is 11.1. The monoisotopic (exact) mass is 328 g/mol. The van der Waals surface area contributed by atoms with Gasteiger partial charge >= 0.3 is 0 Å². The maximum Gasteiger partial charge on any atom is 0.210 e. The fourth-order valence-corrected chi connectivity index (χ4v) is 3.38. The summed E-state index contributed by atoms with van der Waals surface area (Å²) in [7, 11) is 0. The third-order valence-corrected chi connectivity index (χ3v) is 4.42. The summed E-state index contributed by atoms with van der Waals surface area (Å²) in [6.07, 6.45) is 3.92. The molecule has 23 heavy (non-hydrogen) atoms. The first-order valence-electron chi connectivity index (χ1n) is 7.28. The van der Waals surface area contributed by atoms with Crippen molar-refractivity contribution in [2.24, 2.45) is 0 Å². The quantitative estimate of drug-likeness (QED) is 0.763. The number of thiazole rings is 1. The van der Waals surface area contributed by atoms with Crippen molar-refractivity contribution in [3.05, 3.63) is 45.8 Å². The zero-order chi connectivity index (χ0) is 16.2. The van der Waals surface area contributed by atoms with E-state index in [9.17, 15) is 4.79 Å². The Kier molecular flexibility index (Phi) is 4.65. The number of Topliss-reactive ketones (excluding diaryl/α,β-unsaturated/α-hetero) is 1. The van der Waals surface area contributed by atoms with Gasteiger partial charge < -0.3 is 4.74 Å². The van der Waals surface area contributed by atoms with E-state index in [0.29, 0.717) is 18.0 Å². The largest absolute Gasteiger partial charge is 0.472 e. The molecule has 7 heteroatoms. The molecular weight excluding hydrogens is 312 g/mol. The molecule has 3 rings (SSSR count). The van der Waals surface area contributed by atoms with E-state index in [2.05, 4.69) is 19.7 Å². The molecule has 0 aliphatic carbocycles. The molecule has 0 amide bonds. The Balaban J connectivity index is 1.44. The van der Waals surface area contributed by atoms with Crippen LogP contribution < -0.4 is 4.74 Å². The lowest BCUT2D eigenvalue weighted by Gasteiger charge is -2.38. The van der Waals surface area contributed by atoms with Crippen LogP contribution in [0.3, 0.4) is 0 Å². The Hall–Kier alpha value is -2.30. The molecule has 0 aromatic carbocycles. The molecule has 2 aromatic rings. The third-order valence-electron chi connectivity index (χ3n) is 3.44. The Labute approximate surface area is 138 Å². The van der Waals surface area contributed by atoms with E-state index in [4.69, 9.17) is 11.3 Å². The molecule has 0 radical (unpaired) electrons. The van der Waals surface area contributed by atoms with Crippen molar-refractivity contribution in [3.63, 3.8) is 0 Å². The minimum atomic E-state index is 0.130. The highest BCUT2D eigenvalue weighted by Gasteiger charge is 2.29. The van der Waals surface area contributed by atoms with Gasteiger partial charge in [0.25, 0.3) is 0 Å². The van der Waals surface area contributed by atoms with Gasteiger partial charge in [-0.2, -0.15) is 0 Å². The molecule has 0 N–H and O–H groups in total. The van der Waals surface area contributed by atoms with Gasteiger partial charge in [0.1, 0.15) is 16.9 Å². The van der Waals surface area contributed by atoms with Crippen LogP contribution in [0.15, 0.2) is 24.5 Å².